The first-order chi connectivity index (χ1) is 34.9. The largest absolute Gasteiger partial charge is 0.497 e. The topological polar surface area (TPSA) is 257 Å². The molecule has 11 atom stereocenters. The van der Waals surface area contributed by atoms with Gasteiger partial charge in [0.25, 0.3) is 0 Å². The highest BCUT2D eigenvalue weighted by Crippen LogP contribution is 2.26. The van der Waals surface area contributed by atoms with Crippen LogP contribution in [0, 0.1) is 29.6 Å². The quantitative estimate of drug-likeness (QED) is 0.116. The number of ether oxygens (including phenoxy) is 4. The minimum absolute atomic E-state index is 0.102. The van der Waals surface area contributed by atoms with E-state index in [2.05, 4.69) is 20.7 Å². The number of nitrogens with zero attached hydrogens (tertiary/aromatic N) is 3. The molecule has 0 saturated carbocycles. The lowest BCUT2D eigenvalue weighted by Gasteiger charge is -2.36. The fourth-order valence-corrected chi connectivity index (χ4v) is 8.98. The molecule has 1 aromatic carbocycles. The summed E-state index contributed by atoms with van der Waals surface area (Å²) in [5.41, 5.74) is 0.522. The van der Waals surface area contributed by atoms with E-state index in [9.17, 15) is 61.4 Å². The molecule has 0 aromatic heterocycles. The van der Waals surface area contributed by atoms with Gasteiger partial charge in [-0.1, -0.05) is 73.9 Å². The summed E-state index contributed by atoms with van der Waals surface area (Å²) in [4.78, 5) is 131. The molecule has 20 nitrogen and oxygen atoms in total. The van der Waals surface area contributed by atoms with E-state index >= 15 is 0 Å². The number of hydrogen-bond acceptors (Lipinski definition) is 14. The number of esters is 2. The van der Waals surface area contributed by atoms with Crippen LogP contribution in [-0.2, 0) is 59.0 Å². The fraction of sp³-hybridized carbons (Fsp3) is 0.712. The van der Waals surface area contributed by atoms with Gasteiger partial charge < -0.3 is 49.8 Å². The highest BCUT2D eigenvalue weighted by atomic mass is 19.4. The van der Waals surface area contributed by atoms with Crippen LogP contribution in [0.3, 0.4) is 0 Å². The molecular weight excluding hydrogens is 990 g/mol. The summed E-state index contributed by atoms with van der Waals surface area (Å²) in [5, 5.41) is 19.6. The molecule has 0 aliphatic carbocycles. The zero-order chi connectivity index (χ0) is 56.8. The maximum absolute atomic E-state index is 14.8. The molecule has 2 aliphatic heterocycles. The number of ketones is 1. The Hall–Kier alpha value is -6.00. The minimum atomic E-state index is -4.89. The summed E-state index contributed by atoms with van der Waals surface area (Å²) in [6.07, 6.45) is -11.4. The number of nitrogens with one attached hydrogen (secondary N) is 3. The minimum Gasteiger partial charge on any atom is -0.497 e. The Morgan fingerprint density at radius 1 is 0.920 bits per heavy atom. The molecule has 2 saturated heterocycles. The van der Waals surface area contributed by atoms with Gasteiger partial charge in [-0.05, 0) is 80.9 Å². The number of Topliss-reactive ketones (excluding diaryl/α,β-unsaturated/α-hetero) is 1. The second kappa shape index (κ2) is 28.2. The van der Waals surface area contributed by atoms with Crippen molar-refractivity contribution in [3.05, 3.63) is 29.8 Å². The van der Waals surface area contributed by atoms with Gasteiger partial charge in [-0.2, -0.15) is 13.2 Å². The van der Waals surface area contributed by atoms with Gasteiger partial charge in [0.15, 0.2) is 18.5 Å². The predicted octanol–water partition coefficient (Wildman–Crippen LogP) is 4.12. The van der Waals surface area contributed by atoms with E-state index in [0.29, 0.717) is 29.1 Å². The maximum atomic E-state index is 14.8. The van der Waals surface area contributed by atoms with E-state index in [4.69, 9.17) is 14.2 Å². The second-order valence-electron chi connectivity index (χ2n) is 20.9. The maximum Gasteiger partial charge on any atom is 0.422 e. The Kier molecular flexibility index (Phi) is 23.8. The summed E-state index contributed by atoms with van der Waals surface area (Å²) in [7, 11) is 3.84. The van der Waals surface area contributed by atoms with E-state index < -0.39 is 145 Å². The first kappa shape index (κ1) is 63.3. The third-order valence-electron chi connectivity index (χ3n) is 13.6. The van der Waals surface area contributed by atoms with Crippen molar-refractivity contribution >= 4 is 53.4 Å². The standard InChI is InChI=1S/C52H79F3N6O14/c1-14-30(8)41-39(62)25-40(63)75-44(29(6)7)43(64)31(9)45(65)56-35(22-27(2)3)48(68)61-21-15-16-36(61)49(69)59(11)38(24-33-17-19-34(72-13)20-18-33)50(70)74-32(10)42(47(67)57-41)58-46(66)37(23-28(4)5)60(12)51(71)73-26-52(53,54)55/h17-20,27-32,35-39,41-42,44,62H,14-16,21-26H2,1-13H3,(H,56,65)(H,57,67)(H,58,66)/t30-,31-,32-,35+,36-,37+,38-,39+,41+,42-,44+/m0/s1. The van der Waals surface area contributed by atoms with Gasteiger partial charge in [-0.3, -0.25) is 38.5 Å². The monoisotopic (exact) mass is 1070 g/mol. The molecule has 75 heavy (non-hydrogen) atoms. The van der Waals surface area contributed by atoms with E-state index in [1.165, 1.54) is 32.9 Å². The van der Waals surface area contributed by atoms with Crippen molar-refractivity contribution in [2.24, 2.45) is 29.6 Å². The Morgan fingerprint density at radius 3 is 2.09 bits per heavy atom. The number of amides is 6. The first-order valence-corrected chi connectivity index (χ1v) is 25.6. The van der Waals surface area contributed by atoms with Crippen LogP contribution in [0.1, 0.15) is 113 Å². The zero-order valence-electron chi connectivity index (χ0n) is 45.5. The summed E-state index contributed by atoms with van der Waals surface area (Å²) >= 11 is 0. The Bertz CT molecular complexity index is 2160. The average Bonchev–Trinajstić information content (AvgIpc) is 3.84. The lowest BCUT2D eigenvalue weighted by atomic mass is 9.91. The van der Waals surface area contributed by atoms with E-state index in [-0.39, 0.29) is 44.1 Å². The van der Waals surface area contributed by atoms with Crippen LogP contribution in [-0.4, -0.2) is 168 Å². The Morgan fingerprint density at radius 2 is 1.55 bits per heavy atom. The number of hydrogen-bond donors (Lipinski definition) is 4. The van der Waals surface area contributed by atoms with E-state index in [1.54, 1.807) is 65.8 Å². The van der Waals surface area contributed by atoms with Crippen molar-refractivity contribution < 1.29 is 80.4 Å². The predicted molar refractivity (Wildman–Crippen MR) is 266 cm³/mol. The van der Waals surface area contributed by atoms with Gasteiger partial charge in [-0.25, -0.2) is 9.59 Å². The highest BCUT2D eigenvalue weighted by Gasteiger charge is 2.45. The van der Waals surface area contributed by atoms with Crippen molar-refractivity contribution in [3.8, 4) is 5.75 Å². The van der Waals surface area contributed by atoms with Crippen molar-refractivity contribution in [3.63, 3.8) is 0 Å². The number of fused-ring (bicyclic) bond motifs is 1. The SMILES string of the molecule is CC[C@H](C)[C@H]1NC(=O)[C@@H](NC(=O)[C@@H](CC(C)C)N(C)C(=O)OCC(F)(F)F)[C@H](C)OC(=O)[C@H](Cc2ccc(OC)cc2)N(C)C(=O)[C@@H]2CCCN2C(=O)[C@@H](CC(C)C)NC(=O)[C@@H](C)C(=O)[C@@H](C(C)C)OC(=O)C[C@H]1O. The number of rotatable bonds is 14. The molecule has 2 aliphatic rings. The molecule has 0 bridgehead atoms. The molecule has 6 amide bonds. The second-order valence-corrected chi connectivity index (χ2v) is 20.9. The van der Waals surface area contributed by atoms with Crippen LogP contribution >= 0.6 is 0 Å². The zero-order valence-corrected chi connectivity index (χ0v) is 45.5. The number of likely N-dealkylation sites (N-methyl/N-ethyl adjacent to an activating group) is 2. The summed E-state index contributed by atoms with van der Waals surface area (Å²) in [6, 6.07) is -2.00. The highest BCUT2D eigenvalue weighted by molar-refractivity contribution is 6.05. The van der Waals surface area contributed by atoms with Gasteiger partial charge >= 0.3 is 24.2 Å². The number of aliphatic hydroxyl groups is 1. The number of carbonyl (C=O) groups is 9. The van der Waals surface area contributed by atoms with Crippen molar-refractivity contribution in [2.75, 3.05) is 34.4 Å². The number of methoxy groups -OCH3 is 1. The third-order valence-corrected chi connectivity index (χ3v) is 13.6. The fourth-order valence-electron chi connectivity index (χ4n) is 8.98. The number of benzene rings is 1. The molecule has 1 aromatic rings. The van der Waals surface area contributed by atoms with Gasteiger partial charge in [0.2, 0.25) is 29.5 Å². The first-order valence-electron chi connectivity index (χ1n) is 25.6. The molecule has 2 heterocycles. The van der Waals surface area contributed by atoms with Gasteiger partial charge in [0, 0.05) is 27.1 Å². The van der Waals surface area contributed by atoms with Crippen molar-refractivity contribution in [1.82, 2.24) is 30.7 Å². The summed E-state index contributed by atoms with van der Waals surface area (Å²) in [6.45, 7) is 14.2. The molecule has 4 N–H and O–H groups in total. The molecule has 422 valence electrons. The van der Waals surface area contributed by atoms with Crippen LogP contribution < -0.4 is 20.7 Å². The van der Waals surface area contributed by atoms with Crippen molar-refractivity contribution in [2.45, 2.75) is 175 Å². The Labute approximate surface area is 437 Å². The molecule has 0 unspecified atom stereocenters. The lowest BCUT2D eigenvalue weighted by molar-refractivity contribution is -0.164. The van der Waals surface area contributed by atoms with Crippen LogP contribution in [0.2, 0.25) is 0 Å². The normalized spacial score (nSPS) is 26.2. The van der Waals surface area contributed by atoms with Gasteiger partial charge in [0.05, 0.1) is 31.6 Å². The molecule has 0 radical (unpaired) electrons. The molecule has 3 rings (SSSR count). The number of cyclic esters (lactones) is 2. The summed E-state index contributed by atoms with van der Waals surface area (Å²) < 4.78 is 60.7. The van der Waals surface area contributed by atoms with Crippen LogP contribution in [0.15, 0.2) is 24.3 Å². The lowest BCUT2D eigenvalue weighted by Crippen LogP contribution is -2.61. The summed E-state index contributed by atoms with van der Waals surface area (Å²) in [5.74, 6) is -10.00. The van der Waals surface area contributed by atoms with E-state index in [1.807, 2.05) is 13.8 Å². The number of alkyl halides is 3. The van der Waals surface area contributed by atoms with Crippen LogP contribution in [0.4, 0.5) is 18.0 Å². The molecule has 23 heteroatoms. The molecule has 2 fully saturated rings. The van der Waals surface area contributed by atoms with Crippen molar-refractivity contribution in [1.29, 1.82) is 0 Å². The molecule has 0 spiro atoms. The number of halogens is 3. The van der Waals surface area contributed by atoms with Crippen LogP contribution in [0.25, 0.3) is 0 Å². The average molecular weight is 1070 g/mol. The number of aliphatic hydroxyl groups excluding tert-OH is 1. The Balaban J connectivity index is 2.28. The smallest absolute Gasteiger partial charge is 0.422 e. The van der Waals surface area contributed by atoms with Gasteiger partial charge in [0.1, 0.15) is 42.1 Å². The number of carbonyl (C=O) groups excluding carboxylic acids is 9. The molecular formula is C52H79F3N6O14. The van der Waals surface area contributed by atoms with E-state index in [0.717, 1.165) is 11.9 Å². The third kappa shape index (κ3) is 18.1. The van der Waals surface area contributed by atoms with Crippen LogP contribution in [0.5, 0.6) is 5.75 Å². The van der Waals surface area contributed by atoms with Gasteiger partial charge in [-0.15, -0.1) is 0 Å².